The predicted octanol–water partition coefficient (Wildman–Crippen LogP) is 1.65. The molecular weight excluding hydrogens is 220 g/mol. The second-order valence-electron chi connectivity index (χ2n) is 4.27. The fourth-order valence-electron chi connectivity index (χ4n) is 1.98. The molecule has 4 heteroatoms. The van der Waals surface area contributed by atoms with Gasteiger partial charge in [-0.15, -0.1) is 0 Å². The van der Waals surface area contributed by atoms with E-state index < -0.39 is 5.97 Å². The van der Waals surface area contributed by atoms with Crippen LogP contribution in [-0.4, -0.2) is 30.4 Å². The number of fused-ring (bicyclic) bond motifs is 1. The van der Waals surface area contributed by atoms with E-state index >= 15 is 0 Å². The standard InChI is InChI=1S/C13H16O4/c1-9-6-11-7-10(2-3-12(11)17-9)4-5-16-8-13(14)15/h2-3,7,9H,4-6,8H2,1H3,(H,14,15). The van der Waals surface area contributed by atoms with Crippen LogP contribution in [0.3, 0.4) is 0 Å². The minimum absolute atomic E-state index is 0.231. The zero-order valence-corrected chi connectivity index (χ0v) is 9.81. The largest absolute Gasteiger partial charge is 0.490 e. The van der Waals surface area contributed by atoms with Crippen molar-refractivity contribution in [3.05, 3.63) is 29.3 Å². The van der Waals surface area contributed by atoms with E-state index in [1.54, 1.807) is 0 Å². The molecule has 0 spiro atoms. The Morgan fingerprint density at radius 1 is 1.59 bits per heavy atom. The summed E-state index contributed by atoms with van der Waals surface area (Å²) in [6.07, 6.45) is 1.93. The topological polar surface area (TPSA) is 55.8 Å². The first-order valence-corrected chi connectivity index (χ1v) is 5.73. The van der Waals surface area contributed by atoms with Gasteiger partial charge in [0.1, 0.15) is 18.5 Å². The molecule has 1 aliphatic heterocycles. The number of carboxylic acids is 1. The van der Waals surface area contributed by atoms with Crippen LogP contribution in [0.2, 0.25) is 0 Å². The summed E-state index contributed by atoms with van der Waals surface area (Å²) in [5.74, 6) is 0.0360. The van der Waals surface area contributed by atoms with Crippen LogP contribution < -0.4 is 4.74 Å². The van der Waals surface area contributed by atoms with E-state index in [1.807, 2.05) is 12.1 Å². The normalized spacial score (nSPS) is 17.6. The van der Waals surface area contributed by atoms with Crippen molar-refractivity contribution in [3.8, 4) is 5.75 Å². The molecule has 17 heavy (non-hydrogen) atoms. The summed E-state index contributed by atoms with van der Waals surface area (Å²) >= 11 is 0. The van der Waals surface area contributed by atoms with Crippen molar-refractivity contribution in [2.45, 2.75) is 25.9 Å². The van der Waals surface area contributed by atoms with Crippen LogP contribution in [-0.2, 0) is 22.4 Å². The van der Waals surface area contributed by atoms with E-state index in [1.165, 1.54) is 5.56 Å². The Balaban J connectivity index is 1.86. The lowest BCUT2D eigenvalue weighted by Crippen LogP contribution is -2.09. The molecule has 4 nitrogen and oxygen atoms in total. The fourth-order valence-corrected chi connectivity index (χ4v) is 1.98. The summed E-state index contributed by atoms with van der Waals surface area (Å²) in [5.41, 5.74) is 2.39. The van der Waals surface area contributed by atoms with Gasteiger partial charge in [0.05, 0.1) is 6.61 Å². The first-order valence-electron chi connectivity index (χ1n) is 5.73. The molecular formula is C13H16O4. The SMILES string of the molecule is CC1Cc2cc(CCOCC(=O)O)ccc2O1. The second-order valence-corrected chi connectivity index (χ2v) is 4.27. The summed E-state index contributed by atoms with van der Waals surface area (Å²) in [6.45, 7) is 2.25. The Morgan fingerprint density at radius 3 is 3.18 bits per heavy atom. The number of benzene rings is 1. The van der Waals surface area contributed by atoms with Crippen LogP contribution >= 0.6 is 0 Å². The molecule has 1 N–H and O–H groups in total. The molecule has 0 aromatic heterocycles. The third-order valence-corrected chi connectivity index (χ3v) is 2.72. The van der Waals surface area contributed by atoms with Crippen LogP contribution in [0.4, 0.5) is 0 Å². The van der Waals surface area contributed by atoms with Gasteiger partial charge in [0.15, 0.2) is 0 Å². The number of carboxylic acid groups (broad SMARTS) is 1. The second kappa shape index (κ2) is 5.19. The van der Waals surface area contributed by atoms with Gasteiger partial charge in [-0.25, -0.2) is 4.79 Å². The quantitative estimate of drug-likeness (QED) is 0.790. The van der Waals surface area contributed by atoms with E-state index in [2.05, 4.69) is 13.0 Å². The smallest absolute Gasteiger partial charge is 0.329 e. The summed E-state index contributed by atoms with van der Waals surface area (Å²) < 4.78 is 10.6. The molecule has 1 aromatic carbocycles. The highest BCUT2D eigenvalue weighted by Gasteiger charge is 2.18. The van der Waals surface area contributed by atoms with Crippen molar-refractivity contribution in [2.75, 3.05) is 13.2 Å². The van der Waals surface area contributed by atoms with Crippen molar-refractivity contribution >= 4 is 5.97 Å². The zero-order chi connectivity index (χ0) is 12.3. The molecule has 1 aromatic rings. The van der Waals surface area contributed by atoms with Crippen LogP contribution in [0.1, 0.15) is 18.1 Å². The van der Waals surface area contributed by atoms with Gasteiger partial charge in [0.25, 0.3) is 0 Å². The van der Waals surface area contributed by atoms with E-state index in [9.17, 15) is 4.79 Å². The molecule has 0 amide bonds. The first kappa shape index (κ1) is 11.9. The minimum Gasteiger partial charge on any atom is -0.490 e. The lowest BCUT2D eigenvalue weighted by molar-refractivity contribution is -0.142. The predicted molar refractivity (Wildman–Crippen MR) is 62.4 cm³/mol. The van der Waals surface area contributed by atoms with Crippen molar-refractivity contribution in [1.29, 1.82) is 0 Å². The first-order chi connectivity index (χ1) is 8.15. The fraction of sp³-hybridized carbons (Fsp3) is 0.462. The van der Waals surface area contributed by atoms with Crippen LogP contribution in [0.5, 0.6) is 5.75 Å². The Bertz CT molecular complexity index is 414. The van der Waals surface area contributed by atoms with E-state index in [4.69, 9.17) is 14.6 Å². The maximum atomic E-state index is 10.3. The monoisotopic (exact) mass is 236 g/mol. The molecule has 0 saturated carbocycles. The molecule has 0 aliphatic carbocycles. The van der Waals surface area contributed by atoms with Gasteiger partial charge in [0.2, 0.25) is 0 Å². The van der Waals surface area contributed by atoms with Crippen molar-refractivity contribution in [3.63, 3.8) is 0 Å². The molecule has 92 valence electrons. The van der Waals surface area contributed by atoms with Crippen molar-refractivity contribution in [1.82, 2.24) is 0 Å². The van der Waals surface area contributed by atoms with Gasteiger partial charge in [-0.2, -0.15) is 0 Å². The summed E-state index contributed by atoms with van der Waals surface area (Å²) in [4.78, 5) is 10.3. The number of rotatable bonds is 5. The molecule has 2 rings (SSSR count). The highest BCUT2D eigenvalue weighted by atomic mass is 16.5. The van der Waals surface area contributed by atoms with Crippen molar-refractivity contribution in [2.24, 2.45) is 0 Å². The van der Waals surface area contributed by atoms with Crippen LogP contribution in [0, 0.1) is 0 Å². The Labute approximate surface area is 100 Å². The average molecular weight is 236 g/mol. The number of aliphatic carboxylic acids is 1. The minimum atomic E-state index is -0.929. The molecule has 1 heterocycles. The van der Waals surface area contributed by atoms with E-state index in [0.717, 1.165) is 24.2 Å². The zero-order valence-electron chi connectivity index (χ0n) is 9.81. The Kier molecular flexibility index (Phi) is 3.64. The van der Waals surface area contributed by atoms with E-state index in [-0.39, 0.29) is 12.7 Å². The summed E-state index contributed by atoms with van der Waals surface area (Å²) in [5, 5.41) is 8.43. The number of hydrogen-bond acceptors (Lipinski definition) is 3. The number of carbonyl (C=O) groups is 1. The van der Waals surface area contributed by atoms with Crippen molar-refractivity contribution < 1.29 is 19.4 Å². The molecule has 0 fully saturated rings. The lowest BCUT2D eigenvalue weighted by Gasteiger charge is -2.04. The van der Waals surface area contributed by atoms with Gasteiger partial charge in [-0.1, -0.05) is 12.1 Å². The highest BCUT2D eigenvalue weighted by Crippen LogP contribution is 2.29. The average Bonchev–Trinajstić information content (AvgIpc) is 2.63. The molecule has 1 atom stereocenters. The third kappa shape index (κ3) is 3.20. The van der Waals surface area contributed by atoms with Gasteiger partial charge < -0.3 is 14.6 Å². The molecule has 0 bridgehead atoms. The number of hydrogen-bond donors (Lipinski definition) is 1. The van der Waals surface area contributed by atoms with E-state index in [0.29, 0.717) is 6.61 Å². The lowest BCUT2D eigenvalue weighted by atomic mass is 10.1. The summed E-state index contributed by atoms with van der Waals surface area (Å²) in [7, 11) is 0. The van der Waals surface area contributed by atoms with Crippen LogP contribution in [0.15, 0.2) is 18.2 Å². The Hall–Kier alpha value is -1.55. The number of ether oxygens (including phenoxy) is 2. The van der Waals surface area contributed by atoms with Gasteiger partial charge in [-0.05, 0) is 30.5 Å². The molecule has 0 radical (unpaired) electrons. The maximum absolute atomic E-state index is 10.3. The van der Waals surface area contributed by atoms with Crippen LogP contribution in [0.25, 0.3) is 0 Å². The van der Waals surface area contributed by atoms with Gasteiger partial charge >= 0.3 is 5.97 Å². The third-order valence-electron chi connectivity index (χ3n) is 2.72. The van der Waals surface area contributed by atoms with Gasteiger partial charge in [0, 0.05) is 6.42 Å². The summed E-state index contributed by atoms with van der Waals surface area (Å²) in [6, 6.07) is 6.09. The molecule has 1 unspecified atom stereocenters. The van der Waals surface area contributed by atoms with Gasteiger partial charge in [-0.3, -0.25) is 0 Å². The molecule has 1 aliphatic rings. The highest BCUT2D eigenvalue weighted by molar-refractivity contribution is 5.67. The maximum Gasteiger partial charge on any atom is 0.329 e. The Morgan fingerprint density at radius 2 is 2.41 bits per heavy atom. The molecule has 0 saturated heterocycles.